The summed E-state index contributed by atoms with van der Waals surface area (Å²) in [6.45, 7) is 2.25. The number of nitrogens with zero attached hydrogens (tertiary/aromatic N) is 3. The maximum absolute atomic E-state index is 11.1. The molecule has 2 aromatic carbocycles. The van der Waals surface area contributed by atoms with Crippen molar-refractivity contribution in [3.63, 3.8) is 0 Å². The van der Waals surface area contributed by atoms with Crippen LogP contribution in [-0.2, 0) is 6.61 Å². The summed E-state index contributed by atoms with van der Waals surface area (Å²) in [4.78, 5) is 14.9. The summed E-state index contributed by atoms with van der Waals surface area (Å²) in [6, 6.07) is 17.5. The van der Waals surface area contributed by atoms with Crippen LogP contribution in [0.5, 0.6) is 5.75 Å². The maximum atomic E-state index is 11.1. The van der Waals surface area contributed by atoms with Crippen LogP contribution in [0.2, 0.25) is 0 Å². The molecule has 0 radical (unpaired) electrons. The Labute approximate surface area is 144 Å². The highest BCUT2D eigenvalue weighted by atomic mass is 16.5. The lowest BCUT2D eigenvalue weighted by atomic mass is 10.2. The van der Waals surface area contributed by atoms with Crippen molar-refractivity contribution < 1.29 is 4.74 Å². The van der Waals surface area contributed by atoms with Crippen LogP contribution >= 0.6 is 0 Å². The smallest absolute Gasteiger partial charge is 0.363 e. The zero-order valence-electron chi connectivity index (χ0n) is 13.6. The van der Waals surface area contributed by atoms with Crippen LogP contribution in [0.25, 0.3) is 0 Å². The number of ether oxygens (including phenoxy) is 1. The van der Waals surface area contributed by atoms with E-state index in [9.17, 15) is 4.79 Å². The van der Waals surface area contributed by atoms with E-state index in [1.54, 1.807) is 13.1 Å². The molecule has 1 aromatic heterocycles. The molecule has 126 valence electrons. The lowest BCUT2D eigenvalue weighted by molar-refractivity contribution is 0.306. The van der Waals surface area contributed by atoms with Gasteiger partial charge in [0, 0.05) is 0 Å². The molecule has 0 unspecified atom stereocenters. The lowest BCUT2D eigenvalue weighted by Gasteiger charge is -2.06. The van der Waals surface area contributed by atoms with Crippen LogP contribution in [0.1, 0.15) is 16.8 Å². The number of aryl methyl sites for hydroxylation is 1. The van der Waals surface area contributed by atoms with Crippen molar-refractivity contribution in [2.75, 3.05) is 5.43 Å². The number of H-pyrrole nitrogens is 1. The third-order valence-electron chi connectivity index (χ3n) is 3.39. The number of nitrogens with one attached hydrogen (secondary N) is 2. The normalized spacial score (nSPS) is 10.8. The molecule has 0 aliphatic rings. The van der Waals surface area contributed by atoms with Gasteiger partial charge in [-0.15, -0.1) is 0 Å². The topological polar surface area (TPSA) is 92.3 Å². The molecule has 2 N–H and O–H groups in total. The fourth-order valence-corrected chi connectivity index (χ4v) is 2.06. The molecule has 7 heteroatoms. The van der Waals surface area contributed by atoms with E-state index in [4.69, 9.17) is 4.74 Å². The fourth-order valence-electron chi connectivity index (χ4n) is 2.06. The molecule has 0 fully saturated rings. The zero-order valence-corrected chi connectivity index (χ0v) is 13.6. The second kappa shape index (κ2) is 7.87. The summed E-state index contributed by atoms with van der Waals surface area (Å²) in [6.07, 6.45) is 1.63. The Hall–Kier alpha value is -3.48. The zero-order chi connectivity index (χ0) is 17.5. The van der Waals surface area contributed by atoms with E-state index in [0.29, 0.717) is 18.1 Å². The van der Waals surface area contributed by atoms with Gasteiger partial charge >= 0.3 is 5.69 Å². The van der Waals surface area contributed by atoms with Crippen LogP contribution in [-0.4, -0.2) is 21.4 Å². The molecular formula is C18H17N5O2. The quantitative estimate of drug-likeness (QED) is 0.533. The Balaban J connectivity index is 1.57. The van der Waals surface area contributed by atoms with Gasteiger partial charge in [-0.05, 0) is 42.3 Å². The summed E-state index contributed by atoms with van der Waals surface area (Å²) < 4.78 is 5.73. The summed E-state index contributed by atoms with van der Waals surface area (Å²) in [7, 11) is 0. The maximum Gasteiger partial charge on any atom is 0.363 e. The van der Waals surface area contributed by atoms with Gasteiger partial charge in [-0.2, -0.15) is 15.2 Å². The summed E-state index contributed by atoms with van der Waals surface area (Å²) in [5.74, 6) is 1.10. The highest BCUT2D eigenvalue weighted by Crippen LogP contribution is 2.13. The number of hydrogen-bond acceptors (Lipinski definition) is 6. The first-order chi connectivity index (χ1) is 12.2. The molecule has 7 nitrogen and oxygen atoms in total. The van der Waals surface area contributed by atoms with Gasteiger partial charge in [0.2, 0.25) is 0 Å². The van der Waals surface area contributed by atoms with Gasteiger partial charge in [-0.1, -0.05) is 30.3 Å². The van der Waals surface area contributed by atoms with E-state index >= 15 is 0 Å². The van der Waals surface area contributed by atoms with Gasteiger partial charge in [-0.25, -0.2) is 9.89 Å². The molecule has 0 amide bonds. The Morgan fingerprint density at radius 1 is 1.16 bits per heavy atom. The van der Waals surface area contributed by atoms with Gasteiger partial charge in [0.05, 0.1) is 6.21 Å². The van der Waals surface area contributed by atoms with Crippen LogP contribution in [0.4, 0.5) is 5.82 Å². The van der Waals surface area contributed by atoms with E-state index in [-0.39, 0.29) is 0 Å². The molecule has 25 heavy (non-hydrogen) atoms. The van der Waals surface area contributed by atoms with Crippen molar-refractivity contribution in [2.24, 2.45) is 5.10 Å². The molecule has 0 saturated heterocycles. The van der Waals surface area contributed by atoms with Gasteiger partial charge < -0.3 is 4.74 Å². The molecule has 0 spiro atoms. The highest BCUT2D eigenvalue weighted by Gasteiger charge is 2.00. The monoisotopic (exact) mass is 335 g/mol. The third kappa shape index (κ3) is 4.74. The fraction of sp³-hybridized carbons (Fsp3) is 0.111. The molecule has 0 atom stereocenters. The molecule has 0 aliphatic carbocycles. The summed E-state index contributed by atoms with van der Waals surface area (Å²) in [5.41, 5.74) is 4.74. The van der Waals surface area contributed by atoms with Gasteiger partial charge in [0.25, 0.3) is 0 Å². The van der Waals surface area contributed by atoms with E-state index in [0.717, 1.165) is 16.9 Å². The average Bonchev–Trinajstić information content (AvgIpc) is 2.65. The van der Waals surface area contributed by atoms with Crippen molar-refractivity contribution in [1.82, 2.24) is 15.2 Å². The van der Waals surface area contributed by atoms with Crippen molar-refractivity contribution in [1.29, 1.82) is 0 Å². The van der Waals surface area contributed by atoms with Crippen molar-refractivity contribution in [2.45, 2.75) is 13.5 Å². The molecule has 0 bridgehead atoms. The van der Waals surface area contributed by atoms with E-state index in [1.165, 1.54) is 0 Å². The van der Waals surface area contributed by atoms with Crippen LogP contribution in [0.3, 0.4) is 0 Å². The first kappa shape index (κ1) is 16.4. The Morgan fingerprint density at radius 2 is 1.92 bits per heavy atom. The first-order valence-electron chi connectivity index (χ1n) is 7.70. The minimum Gasteiger partial charge on any atom is -0.489 e. The Kier molecular flexibility index (Phi) is 5.16. The molecule has 0 aliphatic heterocycles. The molecule has 0 saturated carbocycles. The minimum atomic E-state index is -0.525. The van der Waals surface area contributed by atoms with E-state index in [1.807, 2.05) is 54.6 Å². The number of benzene rings is 2. The number of anilines is 1. The van der Waals surface area contributed by atoms with Gasteiger partial charge in [-0.3, -0.25) is 5.43 Å². The minimum absolute atomic E-state index is 0.322. The van der Waals surface area contributed by atoms with Crippen LogP contribution in [0, 0.1) is 6.92 Å². The van der Waals surface area contributed by atoms with Gasteiger partial charge in [0.1, 0.15) is 18.1 Å². The lowest BCUT2D eigenvalue weighted by Crippen LogP contribution is -2.15. The Bertz CT molecular complexity index is 905. The average molecular weight is 335 g/mol. The molecule has 3 rings (SSSR count). The van der Waals surface area contributed by atoms with E-state index in [2.05, 4.69) is 25.7 Å². The predicted molar refractivity (Wildman–Crippen MR) is 95.8 cm³/mol. The molecule has 3 aromatic rings. The van der Waals surface area contributed by atoms with Crippen molar-refractivity contribution in [3.8, 4) is 5.75 Å². The number of hydrogen-bond donors (Lipinski definition) is 2. The first-order valence-corrected chi connectivity index (χ1v) is 7.70. The standard InChI is InChI=1S/C18H17N5O2/c1-13-17(20-18(24)23-21-13)22-19-11-14-7-9-16(10-8-14)25-12-15-5-3-2-4-6-15/h2-11H,12H2,1H3,(H2,20,22,23,24)/b19-11+. The van der Waals surface area contributed by atoms with Crippen molar-refractivity contribution in [3.05, 3.63) is 81.9 Å². The number of hydrazone groups is 1. The second-order valence-electron chi connectivity index (χ2n) is 5.29. The third-order valence-corrected chi connectivity index (χ3v) is 3.39. The van der Waals surface area contributed by atoms with Crippen LogP contribution < -0.4 is 15.9 Å². The number of rotatable bonds is 6. The number of aromatic amines is 1. The van der Waals surface area contributed by atoms with Crippen LogP contribution in [0.15, 0.2) is 64.5 Å². The predicted octanol–water partition coefficient (Wildman–Crippen LogP) is 2.50. The van der Waals surface area contributed by atoms with Gasteiger partial charge in [0.15, 0.2) is 5.82 Å². The molecule has 1 heterocycles. The Morgan fingerprint density at radius 3 is 2.68 bits per heavy atom. The SMILES string of the molecule is Cc1n[nH]c(=O)nc1N/N=C/c1ccc(OCc2ccccc2)cc1. The van der Waals surface area contributed by atoms with Crippen molar-refractivity contribution >= 4 is 12.0 Å². The number of aromatic nitrogens is 3. The summed E-state index contributed by atoms with van der Waals surface area (Å²) in [5, 5.41) is 10.1. The largest absolute Gasteiger partial charge is 0.489 e. The second-order valence-corrected chi connectivity index (χ2v) is 5.29. The molecular weight excluding hydrogens is 318 g/mol. The highest BCUT2D eigenvalue weighted by molar-refractivity contribution is 5.80. The van der Waals surface area contributed by atoms with E-state index < -0.39 is 5.69 Å². The summed E-state index contributed by atoms with van der Waals surface area (Å²) >= 11 is 0.